The summed E-state index contributed by atoms with van der Waals surface area (Å²) in [6.45, 7) is 3.91. The Hall–Kier alpha value is -1.38. The van der Waals surface area contributed by atoms with Gasteiger partial charge in [0.1, 0.15) is 5.82 Å². The van der Waals surface area contributed by atoms with E-state index >= 15 is 0 Å². The number of carbonyl (C=O) groups is 1. The van der Waals surface area contributed by atoms with E-state index < -0.39 is 0 Å². The monoisotopic (exact) mass is 263 g/mol. The maximum atomic E-state index is 14.0. The van der Waals surface area contributed by atoms with Crippen molar-refractivity contribution in [2.75, 3.05) is 7.05 Å². The van der Waals surface area contributed by atoms with Gasteiger partial charge in [-0.15, -0.1) is 0 Å². The molecule has 2 nitrogen and oxygen atoms in total. The second-order valence-corrected chi connectivity index (χ2v) is 5.78. The van der Waals surface area contributed by atoms with E-state index in [9.17, 15) is 9.18 Å². The van der Waals surface area contributed by atoms with Crippen LogP contribution in [0.4, 0.5) is 4.39 Å². The van der Waals surface area contributed by atoms with Crippen molar-refractivity contribution in [3.05, 3.63) is 35.1 Å². The molecule has 0 aromatic heterocycles. The summed E-state index contributed by atoms with van der Waals surface area (Å²) in [5, 5.41) is 0. The van der Waals surface area contributed by atoms with Gasteiger partial charge in [-0.25, -0.2) is 4.39 Å². The zero-order chi connectivity index (χ0) is 14.0. The summed E-state index contributed by atoms with van der Waals surface area (Å²) in [6.07, 6.45) is 4.44. The highest BCUT2D eigenvalue weighted by Gasteiger charge is 2.27. The number of rotatable bonds is 2. The molecule has 0 N–H and O–H groups in total. The van der Waals surface area contributed by atoms with Crippen LogP contribution in [0.25, 0.3) is 0 Å². The van der Waals surface area contributed by atoms with Crippen molar-refractivity contribution in [3.8, 4) is 0 Å². The molecule has 104 valence electrons. The van der Waals surface area contributed by atoms with Gasteiger partial charge >= 0.3 is 0 Å². The van der Waals surface area contributed by atoms with Crippen molar-refractivity contribution in [2.24, 2.45) is 5.92 Å². The lowest BCUT2D eigenvalue weighted by Gasteiger charge is -2.34. The Morgan fingerprint density at radius 3 is 2.79 bits per heavy atom. The zero-order valence-corrected chi connectivity index (χ0v) is 11.9. The number of aryl methyl sites for hydroxylation is 1. The molecule has 0 aliphatic heterocycles. The standard InChI is InChI=1S/C16H22FNO/c1-11-6-4-8-13(10-11)18(3)16(19)14-9-5-7-12(2)15(14)17/h5,7,9,11,13H,4,6,8,10H2,1-3H3. The summed E-state index contributed by atoms with van der Waals surface area (Å²) >= 11 is 0. The van der Waals surface area contributed by atoms with E-state index in [1.54, 1.807) is 37.1 Å². The lowest BCUT2D eigenvalue weighted by atomic mass is 9.86. The molecule has 2 rings (SSSR count). The fourth-order valence-corrected chi connectivity index (χ4v) is 2.92. The van der Waals surface area contributed by atoms with E-state index in [4.69, 9.17) is 0 Å². The Bertz CT molecular complexity index is 472. The summed E-state index contributed by atoms with van der Waals surface area (Å²) in [5.74, 6) is 0.0693. The molecule has 19 heavy (non-hydrogen) atoms. The highest BCUT2D eigenvalue weighted by Crippen LogP contribution is 2.27. The molecule has 0 radical (unpaired) electrons. The third-order valence-electron chi connectivity index (χ3n) is 4.20. The Labute approximate surface area is 114 Å². The maximum absolute atomic E-state index is 14.0. The number of carbonyl (C=O) groups excluding carboxylic acids is 1. The molecule has 1 saturated carbocycles. The summed E-state index contributed by atoms with van der Waals surface area (Å²) in [7, 11) is 1.80. The summed E-state index contributed by atoms with van der Waals surface area (Å²) in [4.78, 5) is 14.1. The van der Waals surface area contributed by atoms with Gasteiger partial charge in [-0.2, -0.15) is 0 Å². The van der Waals surface area contributed by atoms with Crippen LogP contribution in [-0.4, -0.2) is 23.9 Å². The molecule has 1 aliphatic carbocycles. The molecule has 1 aliphatic rings. The Balaban J connectivity index is 2.16. The topological polar surface area (TPSA) is 20.3 Å². The van der Waals surface area contributed by atoms with E-state index in [0.29, 0.717) is 11.5 Å². The molecule has 1 aromatic rings. The smallest absolute Gasteiger partial charge is 0.256 e. The molecule has 0 spiro atoms. The van der Waals surface area contributed by atoms with Crippen LogP contribution in [0.2, 0.25) is 0 Å². The predicted molar refractivity (Wildman–Crippen MR) is 74.7 cm³/mol. The molecule has 1 amide bonds. The summed E-state index contributed by atoms with van der Waals surface area (Å²) < 4.78 is 14.0. The normalized spacial score (nSPS) is 23.2. The van der Waals surface area contributed by atoms with Crippen LogP contribution < -0.4 is 0 Å². The van der Waals surface area contributed by atoms with E-state index in [1.165, 1.54) is 6.42 Å². The first-order valence-electron chi connectivity index (χ1n) is 7.03. The Morgan fingerprint density at radius 1 is 1.37 bits per heavy atom. The number of amides is 1. The van der Waals surface area contributed by atoms with Gasteiger partial charge in [0.15, 0.2) is 0 Å². The minimum absolute atomic E-state index is 0.194. The quantitative estimate of drug-likeness (QED) is 0.795. The lowest BCUT2D eigenvalue weighted by molar-refractivity contribution is 0.0667. The van der Waals surface area contributed by atoms with Crippen molar-refractivity contribution in [1.29, 1.82) is 0 Å². The molecular formula is C16H22FNO. The third kappa shape index (κ3) is 2.96. The van der Waals surface area contributed by atoms with Gasteiger partial charge < -0.3 is 4.90 Å². The van der Waals surface area contributed by atoms with Crippen LogP contribution in [0.5, 0.6) is 0 Å². The maximum Gasteiger partial charge on any atom is 0.256 e. The van der Waals surface area contributed by atoms with Gasteiger partial charge in [-0.05, 0) is 37.3 Å². The van der Waals surface area contributed by atoms with Crippen molar-refractivity contribution in [3.63, 3.8) is 0 Å². The first-order valence-corrected chi connectivity index (χ1v) is 7.03. The van der Waals surface area contributed by atoms with Crippen molar-refractivity contribution >= 4 is 5.91 Å². The fraction of sp³-hybridized carbons (Fsp3) is 0.562. The first kappa shape index (κ1) is 14.0. The number of hydrogen-bond acceptors (Lipinski definition) is 1. The summed E-state index contributed by atoms with van der Waals surface area (Å²) in [6, 6.07) is 5.25. The second kappa shape index (κ2) is 5.72. The average molecular weight is 263 g/mol. The number of halogens is 1. The highest BCUT2D eigenvalue weighted by molar-refractivity contribution is 5.94. The lowest BCUT2D eigenvalue weighted by Crippen LogP contribution is -2.40. The molecule has 0 bridgehead atoms. The molecule has 0 saturated heterocycles. The molecule has 2 atom stereocenters. The Morgan fingerprint density at radius 2 is 2.11 bits per heavy atom. The minimum atomic E-state index is -0.386. The molecule has 1 fully saturated rings. The van der Waals surface area contributed by atoms with Crippen LogP contribution in [0.3, 0.4) is 0 Å². The number of nitrogens with zero attached hydrogens (tertiary/aromatic N) is 1. The Kier molecular flexibility index (Phi) is 4.23. The third-order valence-corrected chi connectivity index (χ3v) is 4.20. The van der Waals surface area contributed by atoms with Crippen molar-refractivity contribution in [2.45, 2.75) is 45.6 Å². The van der Waals surface area contributed by atoms with Gasteiger partial charge in [-0.3, -0.25) is 4.79 Å². The second-order valence-electron chi connectivity index (χ2n) is 5.78. The predicted octanol–water partition coefficient (Wildman–Crippen LogP) is 3.78. The summed E-state index contributed by atoms with van der Waals surface area (Å²) in [5.41, 5.74) is 0.719. The van der Waals surface area contributed by atoms with E-state index in [1.807, 2.05) is 0 Å². The molecule has 0 heterocycles. The van der Waals surface area contributed by atoms with E-state index in [0.717, 1.165) is 19.3 Å². The molecular weight excluding hydrogens is 241 g/mol. The number of hydrogen-bond donors (Lipinski definition) is 0. The van der Waals surface area contributed by atoms with Gasteiger partial charge in [0, 0.05) is 13.1 Å². The molecule has 2 unspecified atom stereocenters. The van der Waals surface area contributed by atoms with E-state index in [-0.39, 0.29) is 23.3 Å². The van der Waals surface area contributed by atoms with Crippen LogP contribution in [0.15, 0.2) is 18.2 Å². The van der Waals surface area contributed by atoms with Crippen LogP contribution in [0, 0.1) is 18.7 Å². The van der Waals surface area contributed by atoms with Crippen LogP contribution in [0.1, 0.15) is 48.5 Å². The minimum Gasteiger partial charge on any atom is -0.339 e. The number of benzene rings is 1. The zero-order valence-electron chi connectivity index (χ0n) is 11.9. The van der Waals surface area contributed by atoms with Gasteiger partial charge in [0.2, 0.25) is 0 Å². The molecule has 3 heteroatoms. The van der Waals surface area contributed by atoms with E-state index in [2.05, 4.69) is 6.92 Å². The van der Waals surface area contributed by atoms with Crippen LogP contribution >= 0.6 is 0 Å². The van der Waals surface area contributed by atoms with Crippen molar-refractivity contribution < 1.29 is 9.18 Å². The van der Waals surface area contributed by atoms with Crippen molar-refractivity contribution in [1.82, 2.24) is 4.90 Å². The molecule has 1 aromatic carbocycles. The highest BCUT2D eigenvalue weighted by atomic mass is 19.1. The first-order chi connectivity index (χ1) is 9.00. The fourth-order valence-electron chi connectivity index (χ4n) is 2.92. The van der Waals surface area contributed by atoms with Gasteiger partial charge in [0.25, 0.3) is 5.91 Å². The van der Waals surface area contributed by atoms with Crippen LogP contribution in [-0.2, 0) is 0 Å². The largest absolute Gasteiger partial charge is 0.339 e. The average Bonchev–Trinajstić information content (AvgIpc) is 2.40. The van der Waals surface area contributed by atoms with Gasteiger partial charge in [-0.1, -0.05) is 31.9 Å². The van der Waals surface area contributed by atoms with Gasteiger partial charge in [0.05, 0.1) is 5.56 Å². The SMILES string of the molecule is Cc1cccc(C(=O)N(C)C2CCCC(C)C2)c1F.